The van der Waals surface area contributed by atoms with Crippen LogP contribution in [0.1, 0.15) is 16.1 Å². The van der Waals surface area contributed by atoms with Gasteiger partial charge in [0.2, 0.25) is 0 Å². The predicted octanol–water partition coefficient (Wildman–Crippen LogP) is 4.59. The van der Waals surface area contributed by atoms with Crippen LogP contribution >= 0.6 is 27.3 Å². The van der Waals surface area contributed by atoms with Crippen LogP contribution < -0.4 is 5.32 Å². The number of rotatable bonds is 4. The summed E-state index contributed by atoms with van der Waals surface area (Å²) in [5, 5.41) is 3.41. The highest BCUT2D eigenvalue weighted by atomic mass is 79.9. The number of anilines is 1. The Hall–Kier alpha value is -1.79. The standard InChI is InChI=1S/C16H15BrN4S/c1-10-11(2)20-16(12-4-3-7-18-8-12)21-15(10)19-9-13-5-6-14(17)22-13/h3-8H,9H2,1-2H3,(H,19,20,21). The molecule has 0 fully saturated rings. The van der Waals surface area contributed by atoms with E-state index >= 15 is 0 Å². The summed E-state index contributed by atoms with van der Waals surface area (Å²) in [6, 6.07) is 8.02. The second-order valence-electron chi connectivity index (χ2n) is 4.91. The minimum absolute atomic E-state index is 0.700. The van der Waals surface area contributed by atoms with Gasteiger partial charge in [0.05, 0.1) is 10.3 Å². The van der Waals surface area contributed by atoms with Crippen LogP contribution in [0.2, 0.25) is 0 Å². The molecule has 0 saturated heterocycles. The normalized spacial score (nSPS) is 10.7. The van der Waals surface area contributed by atoms with Gasteiger partial charge in [0, 0.05) is 34.1 Å². The van der Waals surface area contributed by atoms with Crippen LogP contribution in [0.4, 0.5) is 5.82 Å². The van der Waals surface area contributed by atoms with Crippen molar-refractivity contribution in [2.24, 2.45) is 0 Å². The Bertz CT molecular complexity index is 786. The van der Waals surface area contributed by atoms with Crippen molar-refractivity contribution in [3.8, 4) is 11.4 Å². The molecule has 3 aromatic heterocycles. The Kier molecular flexibility index (Phi) is 4.49. The molecule has 3 rings (SSSR count). The second kappa shape index (κ2) is 6.54. The number of aromatic nitrogens is 3. The van der Waals surface area contributed by atoms with E-state index in [0.717, 1.165) is 33.0 Å². The molecule has 0 bridgehead atoms. The van der Waals surface area contributed by atoms with Gasteiger partial charge < -0.3 is 5.32 Å². The Labute approximate surface area is 141 Å². The summed E-state index contributed by atoms with van der Waals surface area (Å²) in [5.74, 6) is 1.57. The molecule has 0 aliphatic heterocycles. The van der Waals surface area contributed by atoms with E-state index in [9.17, 15) is 0 Å². The van der Waals surface area contributed by atoms with Crippen molar-refractivity contribution < 1.29 is 0 Å². The average molecular weight is 375 g/mol. The molecule has 6 heteroatoms. The summed E-state index contributed by atoms with van der Waals surface area (Å²) in [7, 11) is 0. The van der Waals surface area contributed by atoms with Crippen LogP contribution in [-0.4, -0.2) is 15.0 Å². The predicted molar refractivity (Wildman–Crippen MR) is 94.1 cm³/mol. The van der Waals surface area contributed by atoms with E-state index in [-0.39, 0.29) is 0 Å². The molecular weight excluding hydrogens is 360 g/mol. The van der Waals surface area contributed by atoms with E-state index in [1.54, 1.807) is 23.7 Å². The summed E-state index contributed by atoms with van der Waals surface area (Å²) < 4.78 is 1.14. The maximum atomic E-state index is 4.66. The zero-order valence-corrected chi connectivity index (χ0v) is 14.7. The lowest BCUT2D eigenvalue weighted by Crippen LogP contribution is -2.06. The highest BCUT2D eigenvalue weighted by Gasteiger charge is 2.10. The molecule has 0 aliphatic rings. The molecule has 0 atom stereocenters. The van der Waals surface area contributed by atoms with Crippen molar-refractivity contribution in [3.05, 3.63) is 56.6 Å². The van der Waals surface area contributed by atoms with Gasteiger partial charge >= 0.3 is 0 Å². The minimum atomic E-state index is 0.700. The fourth-order valence-corrected chi connectivity index (χ4v) is 3.47. The fourth-order valence-electron chi connectivity index (χ4n) is 2.04. The topological polar surface area (TPSA) is 50.7 Å². The van der Waals surface area contributed by atoms with E-state index in [0.29, 0.717) is 5.82 Å². The molecule has 0 unspecified atom stereocenters. The molecular formula is C16H15BrN4S. The van der Waals surface area contributed by atoms with E-state index < -0.39 is 0 Å². The second-order valence-corrected chi connectivity index (χ2v) is 7.45. The first-order chi connectivity index (χ1) is 10.6. The van der Waals surface area contributed by atoms with Gasteiger partial charge in [-0.25, -0.2) is 9.97 Å². The first-order valence-corrected chi connectivity index (χ1v) is 8.48. The van der Waals surface area contributed by atoms with Crippen molar-refractivity contribution in [3.63, 3.8) is 0 Å². The third kappa shape index (κ3) is 3.34. The molecule has 0 aliphatic carbocycles. The lowest BCUT2D eigenvalue weighted by Gasteiger charge is -2.11. The lowest BCUT2D eigenvalue weighted by molar-refractivity contribution is 1.04. The van der Waals surface area contributed by atoms with Crippen LogP contribution in [0.5, 0.6) is 0 Å². The number of aryl methyl sites for hydroxylation is 1. The molecule has 0 aromatic carbocycles. The van der Waals surface area contributed by atoms with Gasteiger partial charge in [-0.15, -0.1) is 11.3 Å². The van der Waals surface area contributed by atoms with Gasteiger partial charge in [-0.3, -0.25) is 4.98 Å². The number of thiophene rings is 1. The maximum Gasteiger partial charge on any atom is 0.163 e. The van der Waals surface area contributed by atoms with Crippen LogP contribution in [0, 0.1) is 13.8 Å². The molecule has 3 heterocycles. The number of nitrogens with one attached hydrogen (secondary N) is 1. The van der Waals surface area contributed by atoms with Crippen molar-refractivity contribution in [1.82, 2.24) is 15.0 Å². The van der Waals surface area contributed by atoms with Gasteiger partial charge in [-0.05, 0) is 54.0 Å². The third-order valence-electron chi connectivity index (χ3n) is 3.37. The summed E-state index contributed by atoms with van der Waals surface area (Å²) in [6.07, 6.45) is 3.53. The Morgan fingerprint density at radius 3 is 2.73 bits per heavy atom. The Morgan fingerprint density at radius 2 is 2.05 bits per heavy atom. The first-order valence-electron chi connectivity index (χ1n) is 6.87. The van der Waals surface area contributed by atoms with Crippen LogP contribution in [0.25, 0.3) is 11.4 Å². The van der Waals surface area contributed by atoms with Crippen molar-refractivity contribution in [2.75, 3.05) is 5.32 Å². The first kappa shape index (κ1) is 15.1. The molecule has 22 heavy (non-hydrogen) atoms. The SMILES string of the molecule is Cc1nc(-c2cccnc2)nc(NCc2ccc(Br)s2)c1C. The van der Waals surface area contributed by atoms with Crippen LogP contribution in [0.15, 0.2) is 40.4 Å². The molecule has 3 aromatic rings. The maximum absolute atomic E-state index is 4.66. The quantitative estimate of drug-likeness (QED) is 0.725. The van der Waals surface area contributed by atoms with E-state index in [1.165, 1.54) is 4.88 Å². The number of halogens is 1. The Morgan fingerprint density at radius 1 is 1.18 bits per heavy atom. The smallest absolute Gasteiger partial charge is 0.163 e. The summed E-state index contributed by atoms with van der Waals surface area (Å²) in [5.41, 5.74) is 2.97. The van der Waals surface area contributed by atoms with E-state index in [2.05, 4.69) is 48.3 Å². The molecule has 112 valence electrons. The summed E-state index contributed by atoms with van der Waals surface area (Å²) in [6.45, 7) is 4.79. The Balaban J connectivity index is 1.88. The minimum Gasteiger partial charge on any atom is -0.365 e. The van der Waals surface area contributed by atoms with Crippen LogP contribution in [-0.2, 0) is 6.54 Å². The van der Waals surface area contributed by atoms with Gasteiger partial charge in [-0.2, -0.15) is 0 Å². The molecule has 4 nitrogen and oxygen atoms in total. The van der Waals surface area contributed by atoms with Gasteiger partial charge in [0.15, 0.2) is 5.82 Å². The highest BCUT2D eigenvalue weighted by Crippen LogP contribution is 2.25. The fraction of sp³-hybridized carbons (Fsp3) is 0.188. The molecule has 0 saturated carbocycles. The number of nitrogens with zero attached hydrogens (tertiary/aromatic N) is 3. The zero-order valence-electron chi connectivity index (χ0n) is 12.3. The van der Waals surface area contributed by atoms with Gasteiger partial charge in [0.25, 0.3) is 0 Å². The van der Waals surface area contributed by atoms with Crippen molar-refractivity contribution >= 4 is 33.1 Å². The van der Waals surface area contributed by atoms with E-state index in [1.807, 2.05) is 26.0 Å². The zero-order chi connectivity index (χ0) is 15.5. The van der Waals surface area contributed by atoms with Gasteiger partial charge in [-0.1, -0.05) is 0 Å². The highest BCUT2D eigenvalue weighted by molar-refractivity contribution is 9.11. The van der Waals surface area contributed by atoms with Crippen LogP contribution in [0.3, 0.4) is 0 Å². The van der Waals surface area contributed by atoms with Gasteiger partial charge in [0.1, 0.15) is 5.82 Å². The molecule has 0 amide bonds. The van der Waals surface area contributed by atoms with E-state index in [4.69, 9.17) is 0 Å². The third-order valence-corrected chi connectivity index (χ3v) is 4.99. The average Bonchev–Trinajstić information content (AvgIpc) is 2.95. The van der Waals surface area contributed by atoms with Crippen molar-refractivity contribution in [2.45, 2.75) is 20.4 Å². The number of hydrogen-bond donors (Lipinski definition) is 1. The number of pyridine rings is 1. The monoisotopic (exact) mass is 374 g/mol. The lowest BCUT2D eigenvalue weighted by atomic mass is 10.2. The number of hydrogen-bond acceptors (Lipinski definition) is 5. The molecule has 1 N–H and O–H groups in total. The summed E-state index contributed by atoms with van der Waals surface area (Å²) in [4.78, 5) is 14.6. The largest absolute Gasteiger partial charge is 0.365 e. The summed E-state index contributed by atoms with van der Waals surface area (Å²) >= 11 is 5.20. The van der Waals surface area contributed by atoms with Crippen molar-refractivity contribution in [1.29, 1.82) is 0 Å². The molecule has 0 radical (unpaired) electrons. The molecule has 0 spiro atoms.